The van der Waals surface area contributed by atoms with Gasteiger partial charge >= 0.3 is 0 Å². The van der Waals surface area contributed by atoms with Crippen LogP contribution < -0.4 is 5.32 Å². The van der Waals surface area contributed by atoms with Gasteiger partial charge in [0.15, 0.2) is 0 Å². The molecule has 0 unspecified atom stereocenters. The van der Waals surface area contributed by atoms with Crippen molar-refractivity contribution in [1.82, 2.24) is 4.31 Å². The maximum atomic E-state index is 13.7. The maximum absolute atomic E-state index is 13.7. The van der Waals surface area contributed by atoms with E-state index in [1.165, 1.54) is 18.2 Å². The standard InChI is InChI=1S/C17H16F2N2O3S/c18-12-7-9-13(10-8-12)25(23,24)21-11-3-6-16(21)17(22)20-15-5-2-1-4-14(15)19/h1-2,4-5,7-10,16H,3,6,11H2,(H,20,22)/t16-/m0/s1. The van der Waals surface area contributed by atoms with Crippen LogP contribution in [0.15, 0.2) is 53.4 Å². The number of halogens is 2. The van der Waals surface area contributed by atoms with Crippen molar-refractivity contribution in [2.24, 2.45) is 0 Å². The normalized spacial score (nSPS) is 18.2. The number of sulfonamides is 1. The molecule has 1 fully saturated rings. The van der Waals surface area contributed by atoms with E-state index in [-0.39, 0.29) is 17.1 Å². The molecule has 1 amide bonds. The molecule has 3 rings (SSSR count). The van der Waals surface area contributed by atoms with E-state index in [1.807, 2.05) is 0 Å². The van der Waals surface area contributed by atoms with Crippen molar-refractivity contribution in [2.45, 2.75) is 23.8 Å². The van der Waals surface area contributed by atoms with Crippen molar-refractivity contribution >= 4 is 21.6 Å². The van der Waals surface area contributed by atoms with Crippen LogP contribution in [0.5, 0.6) is 0 Å². The Morgan fingerprint density at radius 2 is 1.76 bits per heavy atom. The van der Waals surface area contributed by atoms with Crippen LogP contribution in [-0.2, 0) is 14.8 Å². The number of para-hydroxylation sites is 1. The van der Waals surface area contributed by atoms with Crippen molar-refractivity contribution in [3.8, 4) is 0 Å². The average Bonchev–Trinajstić information content (AvgIpc) is 3.08. The van der Waals surface area contributed by atoms with Gasteiger partial charge in [-0.1, -0.05) is 12.1 Å². The molecule has 0 spiro atoms. The summed E-state index contributed by atoms with van der Waals surface area (Å²) in [6.45, 7) is 0.176. The third-order valence-electron chi connectivity index (χ3n) is 4.06. The largest absolute Gasteiger partial charge is 0.322 e. The second-order valence-corrected chi connectivity index (χ2v) is 7.59. The molecule has 0 bridgehead atoms. The second kappa shape index (κ2) is 6.89. The molecule has 1 aliphatic heterocycles. The zero-order valence-electron chi connectivity index (χ0n) is 13.2. The summed E-state index contributed by atoms with van der Waals surface area (Å²) >= 11 is 0. The summed E-state index contributed by atoms with van der Waals surface area (Å²) in [6, 6.07) is 9.16. The molecule has 5 nitrogen and oxygen atoms in total. The predicted octanol–water partition coefficient (Wildman–Crippen LogP) is 2.76. The Kier molecular flexibility index (Phi) is 4.82. The highest BCUT2D eigenvalue weighted by Crippen LogP contribution is 2.27. The molecule has 0 radical (unpaired) electrons. The monoisotopic (exact) mass is 366 g/mol. The summed E-state index contributed by atoms with van der Waals surface area (Å²) in [6.07, 6.45) is 0.844. The van der Waals surface area contributed by atoms with E-state index >= 15 is 0 Å². The van der Waals surface area contributed by atoms with Crippen LogP contribution in [0, 0.1) is 11.6 Å². The van der Waals surface area contributed by atoms with Crippen LogP contribution in [-0.4, -0.2) is 31.2 Å². The lowest BCUT2D eigenvalue weighted by Gasteiger charge is -2.23. The first-order valence-electron chi connectivity index (χ1n) is 7.72. The molecule has 1 N–H and O–H groups in total. The van der Waals surface area contributed by atoms with Crippen molar-refractivity contribution in [3.05, 3.63) is 60.2 Å². The number of rotatable bonds is 4. The minimum Gasteiger partial charge on any atom is -0.322 e. The third kappa shape index (κ3) is 3.54. The Hall–Kier alpha value is -2.32. The Morgan fingerprint density at radius 3 is 2.44 bits per heavy atom. The van der Waals surface area contributed by atoms with Crippen molar-refractivity contribution in [1.29, 1.82) is 0 Å². The molecule has 8 heteroatoms. The van der Waals surface area contributed by atoms with E-state index in [1.54, 1.807) is 6.07 Å². The summed E-state index contributed by atoms with van der Waals surface area (Å²) < 4.78 is 53.3. The molecule has 0 saturated carbocycles. The first kappa shape index (κ1) is 17.5. The Labute approximate surface area is 144 Å². The van der Waals surface area contributed by atoms with Gasteiger partial charge in [-0.2, -0.15) is 4.31 Å². The number of hydrogen-bond acceptors (Lipinski definition) is 3. The topological polar surface area (TPSA) is 66.5 Å². The fraction of sp³-hybridized carbons (Fsp3) is 0.235. The van der Waals surface area contributed by atoms with E-state index in [0.29, 0.717) is 12.8 Å². The second-order valence-electron chi connectivity index (χ2n) is 5.70. The number of carbonyl (C=O) groups is 1. The zero-order valence-corrected chi connectivity index (χ0v) is 14.0. The molecular formula is C17H16F2N2O3S. The molecule has 2 aromatic rings. The molecular weight excluding hydrogens is 350 g/mol. The minimum absolute atomic E-state index is 0.00136. The predicted molar refractivity (Wildman–Crippen MR) is 88.3 cm³/mol. The lowest BCUT2D eigenvalue weighted by molar-refractivity contribution is -0.119. The molecule has 25 heavy (non-hydrogen) atoms. The highest BCUT2D eigenvalue weighted by molar-refractivity contribution is 7.89. The van der Waals surface area contributed by atoms with Crippen LogP contribution in [0.2, 0.25) is 0 Å². The Morgan fingerprint density at radius 1 is 1.08 bits per heavy atom. The van der Waals surface area contributed by atoms with E-state index < -0.39 is 33.6 Å². The van der Waals surface area contributed by atoms with Gasteiger partial charge in [-0.3, -0.25) is 4.79 Å². The van der Waals surface area contributed by atoms with Crippen LogP contribution in [0.1, 0.15) is 12.8 Å². The highest BCUT2D eigenvalue weighted by Gasteiger charge is 2.39. The first-order chi connectivity index (χ1) is 11.9. The fourth-order valence-electron chi connectivity index (χ4n) is 2.81. The van der Waals surface area contributed by atoms with Gasteiger partial charge in [-0.25, -0.2) is 17.2 Å². The summed E-state index contributed by atoms with van der Waals surface area (Å²) in [4.78, 5) is 12.4. The minimum atomic E-state index is -3.94. The Bertz CT molecular complexity index is 885. The molecule has 2 aromatic carbocycles. The molecule has 1 aliphatic rings. The third-order valence-corrected chi connectivity index (χ3v) is 5.98. The molecule has 132 valence electrons. The Balaban J connectivity index is 1.83. The van der Waals surface area contributed by atoms with E-state index in [0.717, 1.165) is 28.6 Å². The van der Waals surface area contributed by atoms with Gasteiger partial charge in [0.05, 0.1) is 10.6 Å². The van der Waals surface area contributed by atoms with Gasteiger partial charge in [0.1, 0.15) is 17.7 Å². The molecule has 1 heterocycles. The van der Waals surface area contributed by atoms with Crippen molar-refractivity contribution < 1.29 is 22.0 Å². The van der Waals surface area contributed by atoms with Gasteiger partial charge in [0, 0.05) is 6.54 Å². The quantitative estimate of drug-likeness (QED) is 0.905. The van der Waals surface area contributed by atoms with Crippen molar-refractivity contribution in [2.75, 3.05) is 11.9 Å². The van der Waals surface area contributed by atoms with Gasteiger partial charge in [-0.15, -0.1) is 0 Å². The number of benzene rings is 2. The van der Waals surface area contributed by atoms with Crippen LogP contribution in [0.25, 0.3) is 0 Å². The fourth-order valence-corrected chi connectivity index (χ4v) is 4.47. The van der Waals surface area contributed by atoms with Gasteiger partial charge in [0.2, 0.25) is 15.9 Å². The number of amides is 1. The van der Waals surface area contributed by atoms with Gasteiger partial charge in [0.25, 0.3) is 0 Å². The summed E-state index contributed by atoms with van der Waals surface area (Å²) in [7, 11) is -3.94. The van der Waals surface area contributed by atoms with E-state index in [2.05, 4.69) is 5.32 Å². The lowest BCUT2D eigenvalue weighted by atomic mass is 10.2. The number of nitrogens with one attached hydrogen (secondary N) is 1. The van der Waals surface area contributed by atoms with Gasteiger partial charge < -0.3 is 5.32 Å². The van der Waals surface area contributed by atoms with Crippen LogP contribution >= 0.6 is 0 Å². The number of hydrogen-bond donors (Lipinski definition) is 1. The lowest BCUT2D eigenvalue weighted by Crippen LogP contribution is -2.43. The number of nitrogens with zero attached hydrogens (tertiary/aromatic N) is 1. The van der Waals surface area contributed by atoms with Gasteiger partial charge in [-0.05, 0) is 49.2 Å². The molecule has 0 aliphatic carbocycles. The molecule has 0 aromatic heterocycles. The summed E-state index contributed by atoms with van der Waals surface area (Å²) in [5, 5.41) is 2.43. The maximum Gasteiger partial charge on any atom is 0.243 e. The number of carbonyl (C=O) groups excluding carboxylic acids is 1. The summed E-state index contributed by atoms with van der Waals surface area (Å²) in [5.74, 6) is -1.73. The zero-order chi connectivity index (χ0) is 18.0. The number of anilines is 1. The molecule has 1 atom stereocenters. The van der Waals surface area contributed by atoms with E-state index in [4.69, 9.17) is 0 Å². The average molecular weight is 366 g/mol. The van der Waals surface area contributed by atoms with E-state index in [9.17, 15) is 22.0 Å². The molecule has 1 saturated heterocycles. The smallest absolute Gasteiger partial charge is 0.243 e. The first-order valence-corrected chi connectivity index (χ1v) is 9.16. The highest BCUT2D eigenvalue weighted by atomic mass is 32.2. The summed E-state index contributed by atoms with van der Waals surface area (Å²) in [5.41, 5.74) is -0.00136. The van der Waals surface area contributed by atoms with Crippen molar-refractivity contribution in [3.63, 3.8) is 0 Å². The SMILES string of the molecule is O=C(Nc1ccccc1F)[C@@H]1CCCN1S(=O)(=O)c1ccc(F)cc1. The van der Waals surface area contributed by atoms with Crippen LogP contribution in [0.4, 0.5) is 14.5 Å². The van der Waals surface area contributed by atoms with Crippen LogP contribution in [0.3, 0.4) is 0 Å².